The molecule has 0 saturated carbocycles. The van der Waals surface area contributed by atoms with Gasteiger partial charge < -0.3 is 15.0 Å². The molecule has 0 amide bonds. The molecule has 4 heteroatoms. The van der Waals surface area contributed by atoms with Crippen LogP contribution in [0.4, 0.5) is 5.82 Å². The van der Waals surface area contributed by atoms with E-state index in [0.717, 1.165) is 18.1 Å². The van der Waals surface area contributed by atoms with Crippen LogP contribution in [0.2, 0.25) is 0 Å². The third-order valence-corrected chi connectivity index (χ3v) is 3.41. The lowest BCUT2D eigenvalue weighted by atomic mass is 9.98. The molecule has 1 saturated heterocycles. The fraction of sp³-hybridized carbons (Fsp3) is 0.667. The summed E-state index contributed by atoms with van der Waals surface area (Å²) in [7, 11) is 2.19. The standard InChI is InChI=1S/C15H25N3O/c1-12(2)19-14-7-4-8-16-15(14)17-10-13-6-5-9-18(3)11-13/h4,7-8,12-13H,5-6,9-11H2,1-3H3,(H,16,17). The molecule has 1 fully saturated rings. The van der Waals surface area contributed by atoms with Crippen LogP contribution in [0.3, 0.4) is 0 Å². The van der Waals surface area contributed by atoms with Crippen molar-refractivity contribution in [1.29, 1.82) is 0 Å². The Balaban J connectivity index is 1.91. The normalized spacial score (nSPS) is 20.5. The van der Waals surface area contributed by atoms with E-state index in [0.29, 0.717) is 5.92 Å². The minimum absolute atomic E-state index is 0.172. The number of hydrogen-bond donors (Lipinski definition) is 1. The van der Waals surface area contributed by atoms with Gasteiger partial charge in [-0.3, -0.25) is 0 Å². The molecule has 0 spiro atoms. The molecule has 1 aromatic rings. The van der Waals surface area contributed by atoms with E-state index in [2.05, 4.69) is 22.2 Å². The lowest BCUT2D eigenvalue weighted by Gasteiger charge is -2.30. The first-order valence-electron chi connectivity index (χ1n) is 7.19. The highest BCUT2D eigenvalue weighted by atomic mass is 16.5. The summed E-state index contributed by atoms with van der Waals surface area (Å²) in [6.07, 6.45) is 4.57. The topological polar surface area (TPSA) is 37.4 Å². The van der Waals surface area contributed by atoms with Crippen LogP contribution < -0.4 is 10.1 Å². The van der Waals surface area contributed by atoms with E-state index in [4.69, 9.17) is 4.74 Å². The van der Waals surface area contributed by atoms with Crippen LogP contribution in [0.1, 0.15) is 26.7 Å². The Hall–Kier alpha value is -1.29. The van der Waals surface area contributed by atoms with E-state index in [1.165, 1.54) is 25.9 Å². The zero-order valence-corrected chi connectivity index (χ0v) is 12.2. The maximum absolute atomic E-state index is 5.77. The van der Waals surface area contributed by atoms with Gasteiger partial charge in [-0.25, -0.2) is 4.98 Å². The first-order chi connectivity index (χ1) is 9.15. The molecule has 106 valence electrons. The highest BCUT2D eigenvalue weighted by Gasteiger charge is 2.17. The second-order valence-electron chi connectivity index (χ2n) is 5.67. The van der Waals surface area contributed by atoms with Crippen LogP contribution in [0, 0.1) is 5.92 Å². The van der Waals surface area contributed by atoms with Gasteiger partial charge in [-0.2, -0.15) is 0 Å². The van der Waals surface area contributed by atoms with Gasteiger partial charge in [-0.1, -0.05) is 0 Å². The van der Waals surface area contributed by atoms with Crippen molar-refractivity contribution in [2.24, 2.45) is 5.92 Å². The monoisotopic (exact) mass is 263 g/mol. The molecule has 1 N–H and O–H groups in total. The van der Waals surface area contributed by atoms with Crippen LogP contribution in [-0.4, -0.2) is 42.7 Å². The van der Waals surface area contributed by atoms with Crippen molar-refractivity contribution in [3.63, 3.8) is 0 Å². The molecule has 2 rings (SSSR count). The molecule has 4 nitrogen and oxygen atoms in total. The van der Waals surface area contributed by atoms with Gasteiger partial charge in [0.1, 0.15) is 0 Å². The molecule has 1 aliphatic rings. The van der Waals surface area contributed by atoms with E-state index >= 15 is 0 Å². The number of ether oxygens (including phenoxy) is 1. The zero-order chi connectivity index (χ0) is 13.7. The molecule has 0 radical (unpaired) electrons. The van der Waals surface area contributed by atoms with Gasteiger partial charge in [0.25, 0.3) is 0 Å². The van der Waals surface area contributed by atoms with Gasteiger partial charge in [0.2, 0.25) is 0 Å². The Kier molecular flexibility index (Phi) is 5.02. The number of anilines is 1. The molecule has 1 aromatic heterocycles. The number of nitrogens with one attached hydrogen (secondary N) is 1. The Morgan fingerprint density at radius 1 is 1.53 bits per heavy atom. The molecular formula is C15H25N3O. The molecule has 1 atom stereocenters. The van der Waals surface area contributed by atoms with E-state index in [-0.39, 0.29) is 6.10 Å². The van der Waals surface area contributed by atoms with Crippen molar-refractivity contribution >= 4 is 5.82 Å². The van der Waals surface area contributed by atoms with Gasteiger partial charge in [-0.05, 0) is 58.3 Å². The summed E-state index contributed by atoms with van der Waals surface area (Å²) in [5, 5.41) is 3.45. The van der Waals surface area contributed by atoms with Crippen LogP contribution >= 0.6 is 0 Å². The predicted octanol–water partition coefficient (Wildman–Crippen LogP) is 2.62. The summed E-state index contributed by atoms with van der Waals surface area (Å²) < 4.78 is 5.77. The highest BCUT2D eigenvalue weighted by molar-refractivity contribution is 5.49. The molecule has 0 bridgehead atoms. The number of pyridine rings is 1. The number of piperidine rings is 1. The molecular weight excluding hydrogens is 238 g/mol. The molecule has 19 heavy (non-hydrogen) atoms. The minimum atomic E-state index is 0.172. The van der Waals surface area contributed by atoms with E-state index < -0.39 is 0 Å². The van der Waals surface area contributed by atoms with E-state index in [1.54, 1.807) is 0 Å². The Morgan fingerprint density at radius 2 is 2.37 bits per heavy atom. The Bertz CT molecular complexity index is 395. The summed E-state index contributed by atoms with van der Waals surface area (Å²) in [6, 6.07) is 3.89. The van der Waals surface area contributed by atoms with Crippen molar-refractivity contribution in [3.05, 3.63) is 18.3 Å². The Labute approximate surface area is 116 Å². The zero-order valence-electron chi connectivity index (χ0n) is 12.2. The van der Waals surface area contributed by atoms with Crippen molar-refractivity contribution in [3.8, 4) is 5.75 Å². The van der Waals surface area contributed by atoms with Gasteiger partial charge in [0, 0.05) is 19.3 Å². The van der Waals surface area contributed by atoms with Crippen molar-refractivity contribution in [1.82, 2.24) is 9.88 Å². The highest BCUT2D eigenvalue weighted by Crippen LogP contribution is 2.23. The second-order valence-corrected chi connectivity index (χ2v) is 5.67. The number of likely N-dealkylation sites (tertiary alicyclic amines) is 1. The molecule has 1 unspecified atom stereocenters. The Morgan fingerprint density at radius 3 is 3.11 bits per heavy atom. The third-order valence-electron chi connectivity index (χ3n) is 3.41. The smallest absolute Gasteiger partial charge is 0.168 e. The van der Waals surface area contributed by atoms with Crippen molar-refractivity contribution in [2.75, 3.05) is 32.0 Å². The maximum atomic E-state index is 5.77. The second kappa shape index (κ2) is 6.75. The van der Waals surface area contributed by atoms with Crippen LogP contribution in [0.15, 0.2) is 18.3 Å². The van der Waals surface area contributed by atoms with Crippen molar-refractivity contribution in [2.45, 2.75) is 32.8 Å². The third kappa shape index (κ3) is 4.39. The average molecular weight is 263 g/mol. The summed E-state index contributed by atoms with van der Waals surface area (Å²) in [5.41, 5.74) is 0. The quantitative estimate of drug-likeness (QED) is 0.886. The van der Waals surface area contributed by atoms with E-state index in [9.17, 15) is 0 Å². The number of hydrogen-bond acceptors (Lipinski definition) is 4. The van der Waals surface area contributed by atoms with Gasteiger partial charge >= 0.3 is 0 Å². The van der Waals surface area contributed by atoms with Gasteiger partial charge in [0.05, 0.1) is 6.10 Å². The SMILES string of the molecule is CC(C)Oc1cccnc1NCC1CCCN(C)C1. The molecule has 0 aromatic carbocycles. The fourth-order valence-electron chi connectivity index (χ4n) is 2.55. The lowest BCUT2D eigenvalue weighted by molar-refractivity contribution is 0.216. The summed E-state index contributed by atoms with van der Waals surface area (Å²) >= 11 is 0. The van der Waals surface area contributed by atoms with Crippen LogP contribution in [-0.2, 0) is 0 Å². The van der Waals surface area contributed by atoms with Gasteiger partial charge in [0.15, 0.2) is 11.6 Å². The first kappa shape index (κ1) is 14.1. The summed E-state index contributed by atoms with van der Waals surface area (Å²) in [6.45, 7) is 7.43. The first-order valence-corrected chi connectivity index (χ1v) is 7.19. The van der Waals surface area contributed by atoms with Crippen LogP contribution in [0.5, 0.6) is 5.75 Å². The predicted molar refractivity (Wildman–Crippen MR) is 78.7 cm³/mol. The lowest BCUT2D eigenvalue weighted by Crippen LogP contribution is -2.35. The molecule has 2 heterocycles. The number of rotatable bonds is 5. The number of nitrogens with zero attached hydrogens (tertiary/aromatic N) is 2. The molecule has 1 aliphatic heterocycles. The summed E-state index contributed by atoms with van der Waals surface area (Å²) in [4.78, 5) is 6.79. The van der Waals surface area contributed by atoms with Crippen LogP contribution in [0.25, 0.3) is 0 Å². The largest absolute Gasteiger partial charge is 0.487 e. The fourth-order valence-corrected chi connectivity index (χ4v) is 2.55. The number of aromatic nitrogens is 1. The maximum Gasteiger partial charge on any atom is 0.168 e. The minimum Gasteiger partial charge on any atom is -0.487 e. The van der Waals surface area contributed by atoms with Crippen molar-refractivity contribution < 1.29 is 4.74 Å². The molecule has 0 aliphatic carbocycles. The van der Waals surface area contributed by atoms with Gasteiger partial charge in [-0.15, -0.1) is 0 Å². The average Bonchev–Trinajstić information content (AvgIpc) is 2.37. The summed E-state index contributed by atoms with van der Waals surface area (Å²) in [5.74, 6) is 2.42. The van der Waals surface area contributed by atoms with E-state index in [1.807, 2.05) is 32.2 Å².